The smallest absolute Gasteiger partial charge is 0.234 e. The van der Waals surface area contributed by atoms with Crippen molar-refractivity contribution in [1.82, 2.24) is 4.98 Å². The number of sulfonamides is 1. The third-order valence-corrected chi connectivity index (χ3v) is 4.96. The minimum absolute atomic E-state index is 0.0264. The molecule has 1 heterocycles. The molecule has 1 aromatic carbocycles. The van der Waals surface area contributed by atoms with E-state index in [1.165, 1.54) is 11.8 Å². The van der Waals surface area contributed by atoms with Crippen LogP contribution in [0.1, 0.15) is 0 Å². The number of nitrogen functional groups attached to an aromatic ring is 1. The van der Waals surface area contributed by atoms with Gasteiger partial charge in [0.2, 0.25) is 10.0 Å². The summed E-state index contributed by atoms with van der Waals surface area (Å²) in [5, 5.41) is 0. The van der Waals surface area contributed by atoms with Crippen LogP contribution in [0.5, 0.6) is 0 Å². The van der Waals surface area contributed by atoms with E-state index in [0.29, 0.717) is 17.3 Å². The average molecular weight is 309 g/mol. The van der Waals surface area contributed by atoms with Crippen LogP contribution >= 0.6 is 11.8 Å². The molecule has 2 rings (SSSR count). The molecule has 0 unspecified atom stereocenters. The lowest BCUT2D eigenvalue weighted by Gasteiger charge is -2.07. The van der Waals surface area contributed by atoms with E-state index in [2.05, 4.69) is 9.71 Å². The standard InChI is InChI=1S/C13H15N3O2S2/c14-11-4-6-12(7-5-11)19-9-10-20(17,18)16-13-3-1-2-8-15-13/h1-8H,9-10,14H2,(H,15,16). The molecule has 0 saturated carbocycles. The van der Waals surface area contributed by atoms with Gasteiger partial charge in [-0.05, 0) is 36.4 Å². The molecule has 7 heteroatoms. The van der Waals surface area contributed by atoms with Gasteiger partial charge in [0.25, 0.3) is 0 Å². The van der Waals surface area contributed by atoms with Gasteiger partial charge >= 0.3 is 0 Å². The Balaban J connectivity index is 1.85. The lowest BCUT2D eigenvalue weighted by Crippen LogP contribution is -2.18. The minimum atomic E-state index is -3.37. The van der Waals surface area contributed by atoms with Gasteiger partial charge in [-0.1, -0.05) is 6.07 Å². The highest BCUT2D eigenvalue weighted by atomic mass is 32.2. The molecule has 0 amide bonds. The topological polar surface area (TPSA) is 85.1 Å². The SMILES string of the molecule is Nc1ccc(SCCS(=O)(=O)Nc2ccccn2)cc1. The van der Waals surface area contributed by atoms with Crippen LogP contribution in [0.3, 0.4) is 0 Å². The summed E-state index contributed by atoms with van der Waals surface area (Å²) in [4.78, 5) is 4.92. The van der Waals surface area contributed by atoms with Gasteiger partial charge in [-0.25, -0.2) is 13.4 Å². The number of aromatic nitrogens is 1. The van der Waals surface area contributed by atoms with Crippen LogP contribution < -0.4 is 10.5 Å². The molecular formula is C13H15N3O2S2. The third-order valence-electron chi connectivity index (χ3n) is 2.43. The molecule has 5 nitrogen and oxygen atoms in total. The summed E-state index contributed by atoms with van der Waals surface area (Å²) in [5.41, 5.74) is 6.28. The fraction of sp³-hybridized carbons (Fsp3) is 0.154. The molecule has 0 spiro atoms. The quantitative estimate of drug-likeness (QED) is 0.631. The highest BCUT2D eigenvalue weighted by Crippen LogP contribution is 2.19. The van der Waals surface area contributed by atoms with E-state index in [-0.39, 0.29) is 5.75 Å². The van der Waals surface area contributed by atoms with Crippen molar-refractivity contribution in [2.45, 2.75) is 4.90 Å². The van der Waals surface area contributed by atoms with Crippen molar-refractivity contribution in [3.8, 4) is 0 Å². The zero-order valence-electron chi connectivity index (χ0n) is 10.7. The average Bonchev–Trinajstić information content (AvgIpc) is 2.41. The maximum Gasteiger partial charge on any atom is 0.234 e. The second-order valence-electron chi connectivity index (χ2n) is 4.05. The molecule has 3 N–H and O–H groups in total. The lowest BCUT2D eigenvalue weighted by atomic mass is 10.3. The fourth-order valence-electron chi connectivity index (χ4n) is 1.47. The van der Waals surface area contributed by atoms with E-state index in [1.54, 1.807) is 36.5 Å². The van der Waals surface area contributed by atoms with Crippen LogP contribution in [-0.4, -0.2) is 24.9 Å². The van der Waals surface area contributed by atoms with Gasteiger partial charge in [0.05, 0.1) is 5.75 Å². The van der Waals surface area contributed by atoms with E-state index in [9.17, 15) is 8.42 Å². The Hall–Kier alpha value is -1.73. The van der Waals surface area contributed by atoms with Crippen LogP contribution in [-0.2, 0) is 10.0 Å². The predicted molar refractivity (Wildman–Crippen MR) is 83.2 cm³/mol. The predicted octanol–water partition coefficient (Wildman–Crippen LogP) is 2.20. The lowest BCUT2D eigenvalue weighted by molar-refractivity contribution is 0.602. The Labute approximate surface area is 122 Å². The number of thioether (sulfide) groups is 1. The van der Waals surface area contributed by atoms with E-state index in [4.69, 9.17) is 5.73 Å². The second kappa shape index (κ2) is 6.62. The largest absolute Gasteiger partial charge is 0.399 e. The summed E-state index contributed by atoms with van der Waals surface area (Å²) >= 11 is 1.47. The molecule has 0 aliphatic carbocycles. The normalized spacial score (nSPS) is 11.2. The number of nitrogens with one attached hydrogen (secondary N) is 1. The Morgan fingerprint density at radius 3 is 2.55 bits per heavy atom. The molecule has 0 aliphatic rings. The third kappa shape index (κ3) is 4.75. The van der Waals surface area contributed by atoms with Crippen LogP contribution in [0.2, 0.25) is 0 Å². The number of hydrogen-bond donors (Lipinski definition) is 2. The number of nitrogens with zero attached hydrogens (tertiary/aromatic N) is 1. The Kier molecular flexibility index (Phi) is 4.86. The zero-order valence-corrected chi connectivity index (χ0v) is 12.3. The Morgan fingerprint density at radius 1 is 1.15 bits per heavy atom. The Morgan fingerprint density at radius 2 is 1.90 bits per heavy atom. The molecule has 0 aliphatic heterocycles. The van der Waals surface area contributed by atoms with Gasteiger partial charge in [-0.3, -0.25) is 4.72 Å². The van der Waals surface area contributed by atoms with Gasteiger partial charge in [-0.15, -0.1) is 11.8 Å². The van der Waals surface area contributed by atoms with E-state index in [0.717, 1.165) is 4.90 Å². The number of rotatable bonds is 6. The summed E-state index contributed by atoms with van der Waals surface area (Å²) in [6.07, 6.45) is 1.54. The Bertz CT molecular complexity index is 643. The second-order valence-corrected chi connectivity index (χ2v) is 7.06. The number of benzene rings is 1. The minimum Gasteiger partial charge on any atom is -0.399 e. The molecule has 106 valence electrons. The van der Waals surface area contributed by atoms with Crippen LogP contribution in [0, 0.1) is 0 Å². The van der Waals surface area contributed by atoms with Crippen molar-refractivity contribution >= 4 is 33.3 Å². The summed E-state index contributed by atoms with van der Waals surface area (Å²) in [6.45, 7) is 0. The van der Waals surface area contributed by atoms with Crippen molar-refractivity contribution in [1.29, 1.82) is 0 Å². The van der Waals surface area contributed by atoms with Gasteiger partial charge in [-0.2, -0.15) is 0 Å². The summed E-state index contributed by atoms with van der Waals surface area (Å²) in [7, 11) is -3.37. The summed E-state index contributed by atoms with van der Waals surface area (Å²) < 4.78 is 26.2. The maximum atomic E-state index is 11.9. The first kappa shape index (κ1) is 14.7. The molecular weight excluding hydrogens is 294 g/mol. The van der Waals surface area contributed by atoms with Crippen molar-refractivity contribution in [2.75, 3.05) is 22.0 Å². The van der Waals surface area contributed by atoms with Crippen LogP contribution in [0.15, 0.2) is 53.6 Å². The van der Waals surface area contributed by atoms with Crippen LogP contribution in [0.4, 0.5) is 11.5 Å². The molecule has 0 radical (unpaired) electrons. The van der Waals surface area contributed by atoms with Gasteiger partial charge in [0, 0.05) is 22.5 Å². The maximum absolute atomic E-state index is 11.9. The molecule has 20 heavy (non-hydrogen) atoms. The van der Waals surface area contributed by atoms with E-state index < -0.39 is 10.0 Å². The number of nitrogens with two attached hydrogens (primary N) is 1. The van der Waals surface area contributed by atoms with E-state index in [1.807, 2.05) is 12.1 Å². The zero-order chi connectivity index (χ0) is 14.4. The van der Waals surface area contributed by atoms with Gasteiger partial charge in [0.1, 0.15) is 5.82 Å². The molecule has 0 fully saturated rings. The molecule has 0 bridgehead atoms. The van der Waals surface area contributed by atoms with Crippen molar-refractivity contribution in [2.24, 2.45) is 0 Å². The first-order chi connectivity index (χ1) is 9.55. The number of anilines is 2. The summed E-state index contributed by atoms with van der Waals surface area (Å²) in [6, 6.07) is 12.4. The number of hydrogen-bond acceptors (Lipinski definition) is 5. The monoisotopic (exact) mass is 309 g/mol. The van der Waals surface area contributed by atoms with Crippen molar-refractivity contribution in [3.05, 3.63) is 48.7 Å². The van der Waals surface area contributed by atoms with Crippen molar-refractivity contribution in [3.63, 3.8) is 0 Å². The van der Waals surface area contributed by atoms with E-state index >= 15 is 0 Å². The van der Waals surface area contributed by atoms with Crippen LogP contribution in [0.25, 0.3) is 0 Å². The molecule has 2 aromatic rings. The first-order valence-corrected chi connectivity index (χ1v) is 8.59. The van der Waals surface area contributed by atoms with Crippen molar-refractivity contribution < 1.29 is 8.42 Å². The summed E-state index contributed by atoms with van der Waals surface area (Å²) in [5.74, 6) is 0.829. The number of pyridine rings is 1. The molecule has 0 atom stereocenters. The highest BCUT2D eigenvalue weighted by molar-refractivity contribution is 8.01. The molecule has 0 saturated heterocycles. The van der Waals surface area contributed by atoms with Gasteiger partial charge in [0.15, 0.2) is 0 Å². The first-order valence-electron chi connectivity index (χ1n) is 5.95. The molecule has 1 aromatic heterocycles. The van der Waals surface area contributed by atoms with Gasteiger partial charge < -0.3 is 5.73 Å². The highest BCUT2D eigenvalue weighted by Gasteiger charge is 2.10. The fourth-order valence-corrected chi connectivity index (χ4v) is 3.78.